The van der Waals surface area contributed by atoms with Gasteiger partial charge in [0, 0.05) is 25.2 Å². The van der Waals surface area contributed by atoms with Crippen molar-refractivity contribution in [3.8, 4) is 5.75 Å². The van der Waals surface area contributed by atoms with Crippen molar-refractivity contribution in [2.75, 3.05) is 33.8 Å². The molecule has 6 nitrogen and oxygen atoms in total. The molecule has 1 saturated heterocycles. The maximum atomic E-state index is 5.35. The second kappa shape index (κ2) is 12.7. The van der Waals surface area contributed by atoms with Crippen molar-refractivity contribution in [1.82, 2.24) is 20.5 Å². The third-order valence-corrected chi connectivity index (χ3v) is 6.20. The lowest BCUT2D eigenvalue weighted by molar-refractivity contribution is 0.164. The predicted molar refractivity (Wildman–Crippen MR) is 147 cm³/mol. The molecule has 7 heteroatoms. The number of nitrogens with one attached hydrogen (secondary N) is 2. The van der Waals surface area contributed by atoms with Crippen molar-refractivity contribution in [1.29, 1.82) is 0 Å². The molecule has 3 aromatic rings. The number of nitrogens with zero attached hydrogens (tertiary/aromatic N) is 3. The summed E-state index contributed by atoms with van der Waals surface area (Å²) in [6, 6.07) is 19.1. The summed E-state index contributed by atoms with van der Waals surface area (Å²) in [5.74, 6) is 1.68. The molecule has 1 fully saturated rings. The van der Waals surface area contributed by atoms with E-state index in [1.54, 1.807) is 7.11 Å². The fourth-order valence-corrected chi connectivity index (χ4v) is 4.42. The number of ether oxygens (including phenoxy) is 1. The Hall–Kier alpha value is -2.39. The number of fused-ring (bicyclic) bond motifs is 1. The quantitative estimate of drug-likeness (QED) is 0.249. The summed E-state index contributed by atoms with van der Waals surface area (Å²) in [6.07, 6.45) is 5.70. The van der Waals surface area contributed by atoms with Gasteiger partial charge in [-0.2, -0.15) is 0 Å². The van der Waals surface area contributed by atoms with E-state index in [1.165, 1.54) is 35.6 Å². The standard InChI is InChI=1S/C26H33N5O.HI/c1-27-26(29-18-24-23-9-5-4-8-20(23)14-15-28-24)30-19-25(31-16-6-3-7-17-31)21-10-12-22(32-2)13-11-21;/h4-5,8-15,25H,3,6-7,16-19H2,1-2H3,(H2,27,29,30);1H. The number of hydrogen-bond acceptors (Lipinski definition) is 4. The number of aliphatic imine (C=N–C) groups is 1. The molecule has 0 amide bonds. The van der Waals surface area contributed by atoms with E-state index in [1.807, 2.05) is 31.4 Å². The first-order chi connectivity index (χ1) is 15.8. The van der Waals surface area contributed by atoms with Gasteiger partial charge in [0.2, 0.25) is 0 Å². The molecule has 1 aliphatic heterocycles. The van der Waals surface area contributed by atoms with E-state index in [9.17, 15) is 0 Å². The number of methoxy groups -OCH3 is 1. The third kappa shape index (κ3) is 6.57. The second-order valence-electron chi connectivity index (χ2n) is 8.17. The Balaban J connectivity index is 0.00000306. The maximum absolute atomic E-state index is 5.35. The monoisotopic (exact) mass is 559 g/mol. The van der Waals surface area contributed by atoms with Gasteiger partial charge in [-0.05, 0) is 55.1 Å². The number of likely N-dealkylation sites (tertiary alicyclic amines) is 1. The lowest BCUT2D eigenvalue weighted by atomic mass is 10.0. The minimum absolute atomic E-state index is 0. The average Bonchev–Trinajstić information content (AvgIpc) is 2.87. The smallest absolute Gasteiger partial charge is 0.191 e. The highest BCUT2D eigenvalue weighted by Gasteiger charge is 2.22. The van der Waals surface area contributed by atoms with Crippen LogP contribution in [0.4, 0.5) is 0 Å². The highest BCUT2D eigenvalue weighted by Crippen LogP contribution is 2.26. The molecule has 1 aromatic heterocycles. The molecule has 2 aromatic carbocycles. The van der Waals surface area contributed by atoms with Gasteiger partial charge in [-0.3, -0.25) is 14.9 Å². The summed E-state index contributed by atoms with van der Waals surface area (Å²) >= 11 is 0. The van der Waals surface area contributed by atoms with E-state index in [-0.39, 0.29) is 30.0 Å². The molecule has 2 N–H and O–H groups in total. The molecule has 1 atom stereocenters. The van der Waals surface area contributed by atoms with Gasteiger partial charge in [0.15, 0.2) is 5.96 Å². The minimum Gasteiger partial charge on any atom is -0.497 e. The van der Waals surface area contributed by atoms with Crippen LogP contribution in [0.25, 0.3) is 10.8 Å². The van der Waals surface area contributed by atoms with Gasteiger partial charge in [-0.25, -0.2) is 0 Å². The zero-order valence-corrected chi connectivity index (χ0v) is 21.8. The lowest BCUT2D eigenvalue weighted by Gasteiger charge is -2.35. The number of aromatic nitrogens is 1. The van der Waals surface area contributed by atoms with Gasteiger partial charge in [0.1, 0.15) is 5.75 Å². The van der Waals surface area contributed by atoms with Crippen molar-refractivity contribution in [2.24, 2.45) is 4.99 Å². The fourth-order valence-electron chi connectivity index (χ4n) is 4.42. The largest absolute Gasteiger partial charge is 0.497 e. The molecule has 0 saturated carbocycles. The fraction of sp³-hybridized carbons (Fsp3) is 0.385. The van der Waals surface area contributed by atoms with Crippen LogP contribution in [-0.4, -0.2) is 49.6 Å². The summed E-state index contributed by atoms with van der Waals surface area (Å²) in [6.45, 7) is 3.67. The Kier molecular flexibility index (Phi) is 9.75. The zero-order chi connectivity index (χ0) is 22.2. The summed E-state index contributed by atoms with van der Waals surface area (Å²) < 4.78 is 5.35. The Morgan fingerprint density at radius 3 is 2.52 bits per heavy atom. The minimum atomic E-state index is 0. The molecule has 1 unspecified atom stereocenters. The van der Waals surface area contributed by atoms with Crippen LogP contribution in [0.5, 0.6) is 5.75 Å². The van der Waals surface area contributed by atoms with Crippen molar-refractivity contribution >= 4 is 40.7 Å². The number of benzene rings is 2. The van der Waals surface area contributed by atoms with Gasteiger partial charge in [0.05, 0.1) is 25.4 Å². The normalized spacial score (nSPS) is 15.5. The first kappa shape index (κ1) is 25.2. The van der Waals surface area contributed by atoms with Crippen LogP contribution in [0.1, 0.15) is 36.6 Å². The van der Waals surface area contributed by atoms with E-state index < -0.39 is 0 Å². The van der Waals surface area contributed by atoms with E-state index in [0.717, 1.165) is 37.0 Å². The number of hydrogen-bond donors (Lipinski definition) is 2. The topological polar surface area (TPSA) is 61.8 Å². The molecule has 4 rings (SSSR count). The van der Waals surface area contributed by atoms with Gasteiger partial charge >= 0.3 is 0 Å². The van der Waals surface area contributed by atoms with Crippen LogP contribution in [0.15, 0.2) is 65.8 Å². The van der Waals surface area contributed by atoms with Gasteiger partial charge in [-0.15, -0.1) is 24.0 Å². The number of rotatable bonds is 7. The molecule has 0 spiro atoms. The molecule has 33 heavy (non-hydrogen) atoms. The van der Waals surface area contributed by atoms with E-state index in [2.05, 4.69) is 61.9 Å². The molecule has 2 heterocycles. The van der Waals surface area contributed by atoms with Crippen molar-refractivity contribution in [3.63, 3.8) is 0 Å². The van der Waals surface area contributed by atoms with Crippen molar-refractivity contribution in [3.05, 3.63) is 72.1 Å². The summed E-state index contributed by atoms with van der Waals surface area (Å²) in [5, 5.41) is 9.36. The van der Waals surface area contributed by atoms with Crippen molar-refractivity contribution in [2.45, 2.75) is 31.8 Å². The van der Waals surface area contributed by atoms with Crippen LogP contribution >= 0.6 is 24.0 Å². The van der Waals surface area contributed by atoms with Gasteiger partial charge < -0.3 is 15.4 Å². The van der Waals surface area contributed by atoms with Crippen LogP contribution in [0, 0.1) is 0 Å². The Labute approximate surface area is 213 Å². The molecule has 0 radical (unpaired) electrons. The van der Waals surface area contributed by atoms with E-state index >= 15 is 0 Å². The SMILES string of the molecule is CN=C(NCc1nccc2ccccc12)NCC(c1ccc(OC)cc1)N1CCCCC1.I. The van der Waals surface area contributed by atoms with E-state index in [4.69, 9.17) is 4.74 Å². The van der Waals surface area contributed by atoms with Crippen molar-refractivity contribution < 1.29 is 4.74 Å². The third-order valence-electron chi connectivity index (χ3n) is 6.20. The molecule has 0 bridgehead atoms. The highest BCUT2D eigenvalue weighted by atomic mass is 127. The number of pyridine rings is 1. The summed E-state index contributed by atoms with van der Waals surface area (Å²) in [5.41, 5.74) is 2.32. The number of piperidine rings is 1. The van der Waals surface area contributed by atoms with Gasteiger partial charge in [-0.1, -0.05) is 42.8 Å². The molecule has 1 aliphatic rings. The molecular formula is C26H34IN5O. The van der Waals surface area contributed by atoms with Crippen LogP contribution < -0.4 is 15.4 Å². The maximum Gasteiger partial charge on any atom is 0.191 e. The summed E-state index contributed by atoms with van der Waals surface area (Å²) in [4.78, 5) is 11.6. The van der Waals surface area contributed by atoms with Crippen LogP contribution in [0.2, 0.25) is 0 Å². The lowest BCUT2D eigenvalue weighted by Crippen LogP contribution is -2.44. The molecular weight excluding hydrogens is 525 g/mol. The summed E-state index contributed by atoms with van der Waals surface area (Å²) in [7, 11) is 3.52. The van der Waals surface area contributed by atoms with Crippen LogP contribution in [0.3, 0.4) is 0 Å². The Bertz CT molecular complexity index is 1030. The Morgan fingerprint density at radius 2 is 1.79 bits per heavy atom. The highest BCUT2D eigenvalue weighted by molar-refractivity contribution is 14.0. The predicted octanol–water partition coefficient (Wildman–Crippen LogP) is 4.75. The second-order valence-corrected chi connectivity index (χ2v) is 8.17. The Morgan fingerprint density at radius 1 is 1.03 bits per heavy atom. The van der Waals surface area contributed by atoms with Gasteiger partial charge in [0.25, 0.3) is 0 Å². The van der Waals surface area contributed by atoms with Crippen LogP contribution in [-0.2, 0) is 6.54 Å². The first-order valence-corrected chi connectivity index (χ1v) is 11.4. The number of halogens is 1. The number of guanidine groups is 1. The molecule has 0 aliphatic carbocycles. The molecule has 176 valence electrons. The average molecular weight is 559 g/mol. The first-order valence-electron chi connectivity index (χ1n) is 11.4. The zero-order valence-electron chi connectivity index (χ0n) is 19.5. The van der Waals surface area contributed by atoms with E-state index in [0.29, 0.717) is 6.54 Å².